The molecule has 2 aromatic heterocycles. The predicted molar refractivity (Wildman–Crippen MR) is 123 cm³/mol. The summed E-state index contributed by atoms with van der Waals surface area (Å²) in [6.07, 6.45) is 2.68. The number of hydrogen-bond donors (Lipinski definition) is 2. The fourth-order valence-corrected chi connectivity index (χ4v) is 3.50. The molecule has 32 heavy (non-hydrogen) atoms. The van der Waals surface area contributed by atoms with Crippen LogP contribution in [0.3, 0.4) is 0 Å². The zero-order chi connectivity index (χ0) is 23.3. The third kappa shape index (κ3) is 4.93. The quantitative estimate of drug-likeness (QED) is 0.561. The van der Waals surface area contributed by atoms with Crippen molar-refractivity contribution in [1.82, 2.24) is 19.4 Å². The summed E-state index contributed by atoms with van der Waals surface area (Å²) in [4.78, 5) is 58.1. The highest BCUT2D eigenvalue weighted by Gasteiger charge is 2.20. The molecule has 0 spiro atoms. The van der Waals surface area contributed by atoms with E-state index >= 15 is 0 Å². The molecular formula is C23H27N5O4. The van der Waals surface area contributed by atoms with Crippen molar-refractivity contribution in [2.24, 2.45) is 0 Å². The summed E-state index contributed by atoms with van der Waals surface area (Å²) >= 11 is 0. The molecule has 3 rings (SSSR count). The second-order valence-corrected chi connectivity index (χ2v) is 7.60. The highest BCUT2D eigenvalue weighted by molar-refractivity contribution is 6.00. The zero-order valence-corrected chi connectivity index (χ0v) is 18.5. The Bertz CT molecular complexity index is 1260. The molecule has 2 heterocycles. The van der Waals surface area contributed by atoms with E-state index in [1.54, 1.807) is 6.07 Å². The van der Waals surface area contributed by atoms with Crippen LogP contribution in [0.15, 0.2) is 46.1 Å². The smallest absolute Gasteiger partial charge is 0.329 e. The van der Waals surface area contributed by atoms with Crippen molar-refractivity contribution in [2.75, 3.05) is 18.4 Å². The van der Waals surface area contributed by atoms with Gasteiger partial charge < -0.3 is 10.2 Å². The standard InChI is InChI=1S/C23H27N5O4/c1-4-10-27(14-19(29)25-18-9-7-6-8-15(18)3)22(31)16-12-17-20(24-13-16)28(11-5-2)23(32)26-21(17)30/h6-9,12-13H,4-5,10-11,14H2,1-3H3,(H,25,29)(H,26,30,32). The molecule has 0 fully saturated rings. The van der Waals surface area contributed by atoms with Crippen LogP contribution in [-0.4, -0.2) is 44.3 Å². The average Bonchev–Trinajstić information content (AvgIpc) is 2.77. The van der Waals surface area contributed by atoms with Crippen molar-refractivity contribution < 1.29 is 9.59 Å². The van der Waals surface area contributed by atoms with Crippen molar-refractivity contribution in [3.8, 4) is 0 Å². The molecule has 0 bridgehead atoms. The lowest BCUT2D eigenvalue weighted by Gasteiger charge is -2.22. The Morgan fingerprint density at radius 1 is 1.16 bits per heavy atom. The number of benzene rings is 1. The lowest BCUT2D eigenvalue weighted by molar-refractivity contribution is -0.116. The van der Waals surface area contributed by atoms with Gasteiger partial charge in [-0.3, -0.25) is 23.9 Å². The molecule has 9 nitrogen and oxygen atoms in total. The van der Waals surface area contributed by atoms with Gasteiger partial charge in [0.1, 0.15) is 12.2 Å². The number of aromatic amines is 1. The molecule has 3 aromatic rings. The van der Waals surface area contributed by atoms with E-state index in [0.29, 0.717) is 31.6 Å². The monoisotopic (exact) mass is 437 g/mol. The number of rotatable bonds is 8. The largest absolute Gasteiger partial charge is 0.329 e. The van der Waals surface area contributed by atoms with Crippen molar-refractivity contribution in [2.45, 2.75) is 40.2 Å². The van der Waals surface area contributed by atoms with Crippen LogP contribution in [0.2, 0.25) is 0 Å². The maximum Gasteiger partial charge on any atom is 0.329 e. The second-order valence-electron chi connectivity index (χ2n) is 7.60. The number of pyridine rings is 1. The molecule has 0 atom stereocenters. The van der Waals surface area contributed by atoms with E-state index in [-0.39, 0.29) is 29.0 Å². The minimum absolute atomic E-state index is 0.134. The maximum absolute atomic E-state index is 13.1. The summed E-state index contributed by atoms with van der Waals surface area (Å²) in [6.45, 7) is 6.33. The molecule has 1 aromatic carbocycles. The molecule has 0 saturated carbocycles. The number of aryl methyl sites for hydroxylation is 2. The van der Waals surface area contributed by atoms with E-state index in [1.807, 2.05) is 39.0 Å². The van der Waals surface area contributed by atoms with Crippen LogP contribution in [0.25, 0.3) is 11.0 Å². The van der Waals surface area contributed by atoms with Gasteiger partial charge in [0, 0.05) is 25.0 Å². The number of fused-ring (bicyclic) bond motifs is 1. The molecule has 2 N–H and O–H groups in total. The van der Waals surface area contributed by atoms with Crippen LogP contribution in [0.1, 0.15) is 42.6 Å². The van der Waals surface area contributed by atoms with Gasteiger partial charge in [0.15, 0.2) is 0 Å². The number of aromatic nitrogens is 3. The van der Waals surface area contributed by atoms with Gasteiger partial charge in [-0.2, -0.15) is 0 Å². The third-order valence-electron chi connectivity index (χ3n) is 5.06. The van der Waals surface area contributed by atoms with E-state index in [1.165, 1.54) is 21.7 Å². The first-order valence-corrected chi connectivity index (χ1v) is 10.6. The highest BCUT2D eigenvalue weighted by Crippen LogP contribution is 2.14. The first kappa shape index (κ1) is 22.9. The maximum atomic E-state index is 13.1. The Morgan fingerprint density at radius 3 is 2.59 bits per heavy atom. The fraction of sp³-hybridized carbons (Fsp3) is 0.348. The van der Waals surface area contributed by atoms with E-state index < -0.39 is 17.2 Å². The number of nitrogens with one attached hydrogen (secondary N) is 2. The van der Waals surface area contributed by atoms with Crippen molar-refractivity contribution in [3.63, 3.8) is 0 Å². The molecule has 0 saturated heterocycles. The number of para-hydroxylation sites is 1. The first-order valence-electron chi connectivity index (χ1n) is 10.6. The Balaban J connectivity index is 1.88. The van der Waals surface area contributed by atoms with Crippen LogP contribution < -0.4 is 16.6 Å². The average molecular weight is 438 g/mol. The van der Waals surface area contributed by atoms with Gasteiger partial charge in [-0.15, -0.1) is 0 Å². The normalized spacial score (nSPS) is 10.8. The van der Waals surface area contributed by atoms with E-state index in [4.69, 9.17) is 0 Å². The molecule has 9 heteroatoms. The number of H-pyrrole nitrogens is 1. The molecule has 0 unspecified atom stereocenters. The third-order valence-corrected chi connectivity index (χ3v) is 5.06. The van der Waals surface area contributed by atoms with Gasteiger partial charge in [0.05, 0.1) is 10.9 Å². The summed E-state index contributed by atoms with van der Waals surface area (Å²) in [5.41, 5.74) is 0.896. The molecular weight excluding hydrogens is 410 g/mol. The molecule has 168 valence electrons. The number of carbonyl (C=O) groups excluding carboxylic acids is 2. The minimum Gasteiger partial charge on any atom is -0.329 e. The van der Waals surface area contributed by atoms with E-state index in [2.05, 4.69) is 15.3 Å². The van der Waals surface area contributed by atoms with Crippen LogP contribution in [-0.2, 0) is 11.3 Å². The summed E-state index contributed by atoms with van der Waals surface area (Å²) in [7, 11) is 0. The Morgan fingerprint density at radius 2 is 1.91 bits per heavy atom. The van der Waals surface area contributed by atoms with Crippen LogP contribution in [0, 0.1) is 6.92 Å². The number of amides is 2. The molecule has 2 amide bonds. The van der Waals surface area contributed by atoms with Gasteiger partial charge in [-0.25, -0.2) is 9.78 Å². The van der Waals surface area contributed by atoms with E-state index in [0.717, 1.165) is 5.56 Å². The van der Waals surface area contributed by atoms with E-state index in [9.17, 15) is 19.2 Å². The number of carbonyl (C=O) groups is 2. The van der Waals surface area contributed by atoms with Gasteiger partial charge in [-0.05, 0) is 37.5 Å². The summed E-state index contributed by atoms with van der Waals surface area (Å²) in [5, 5.41) is 2.99. The van der Waals surface area contributed by atoms with Crippen LogP contribution in [0.5, 0.6) is 0 Å². The van der Waals surface area contributed by atoms with Gasteiger partial charge in [0.25, 0.3) is 11.5 Å². The SMILES string of the molecule is CCCN(CC(=O)Nc1ccccc1C)C(=O)c1cnc2c(c1)c(=O)[nH]c(=O)n2CCC. The number of hydrogen-bond acceptors (Lipinski definition) is 5. The van der Waals surface area contributed by atoms with Crippen molar-refractivity contribution in [3.05, 3.63) is 68.5 Å². The van der Waals surface area contributed by atoms with Gasteiger partial charge in [0.2, 0.25) is 5.91 Å². The van der Waals surface area contributed by atoms with Crippen LogP contribution in [0.4, 0.5) is 5.69 Å². The topological polar surface area (TPSA) is 117 Å². The Hall–Kier alpha value is -3.75. The number of anilines is 1. The highest BCUT2D eigenvalue weighted by atomic mass is 16.2. The fourth-order valence-electron chi connectivity index (χ4n) is 3.50. The summed E-state index contributed by atoms with van der Waals surface area (Å²) in [6, 6.07) is 8.83. The molecule has 0 aliphatic carbocycles. The van der Waals surface area contributed by atoms with Gasteiger partial charge >= 0.3 is 5.69 Å². The van der Waals surface area contributed by atoms with Crippen molar-refractivity contribution >= 4 is 28.5 Å². The summed E-state index contributed by atoms with van der Waals surface area (Å²) < 4.78 is 1.38. The lowest BCUT2D eigenvalue weighted by atomic mass is 10.2. The predicted octanol–water partition coefficient (Wildman–Crippen LogP) is 2.29. The molecule has 0 radical (unpaired) electrons. The van der Waals surface area contributed by atoms with Crippen molar-refractivity contribution in [1.29, 1.82) is 0 Å². The lowest BCUT2D eigenvalue weighted by Crippen LogP contribution is -2.39. The number of nitrogens with zero attached hydrogens (tertiary/aromatic N) is 3. The Labute approximate surface area is 185 Å². The minimum atomic E-state index is -0.598. The summed E-state index contributed by atoms with van der Waals surface area (Å²) in [5.74, 6) is -0.724. The second kappa shape index (κ2) is 10.0. The molecule has 0 aliphatic rings. The van der Waals surface area contributed by atoms with Crippen LogP contribution >= 0.6 is 0 Å². The van der Waals surface area contributed by atoms with Gasteiger partial charge in [-0.1, -0.05) is 32.0 Å². The Kier molecular flexibility index (Phi) is 7.19. The molecule has 0 aliphatic heterocycles. The zero-order valence-electron chi connectivity index (χ0n) is 18.5. The first-order chi connectivity index (χ1) is 15.3.